The van der Waals surface area contributed by atoms with Crippen LogP contribution >= 0.6 is 0 Å². The van der Waals surface area contributed by atoms with Crippen LogP contribution in [0.2, 0.25) is 0 Å². The summed E-state index contributed by atoms with van der Waals surface area (Å²) in [7, 11) is 0. The Morgan fingerprint density at radius 3 is 2.48 bits per heavy atom. The van der Waals surface area contributed by atoms with Crippen molar-refractivity contribution in [2.24, 2.45) is 0 Å². The predicted octanol–water partition coefficient (Wildman–Crippen LogP) is 4.23. The number of halogens is 3. The quantitative estimate of drug-likeness (QED) is 0.898. The van der Waals surface area contributed by atoms with E-state index in [1.165, 1.54) is 12.1 Å². The van der Waals surface area contributed by atoms with E-state index in [9.17, 15) is 18.3 Å². The first-order valence-electron chi connectivity index (χ1n) is 6.61. The molecular weight excluding hydrogens is 281 g/mol. The van der Waals surface area contributed by atoms with Crippen LogP contribution in [0.3, 0.4) is 0 Å². The topological polar surface area (TPSA) is 29.5 Å². The Hall–Kier alpha value is -2.01. The van der Waals surface area contributed by atoms with Crippen molar-refractivity contribution in [3.05, 3.63) is 53.6 Å². The van der Waals surface area contributed by atoms with Gasteiger partial charge in [0.05, 0.1) is 6.10 Å². The maximum absolute atomic E-state index is 12.5. The van der Waals surface area contributed by atoms with Crippen LogP contribution in [0.4, 0.5) is 13.2 Å². The van der Waals surface area contributed by atoms with Crippen molar-refractivity contribution >= 4 is 0 Å². The van der Waals surface area contributed by atoms with E-state index in [1.807, 2.05) is 6.07 Å². The monoisotopic (exact) mass is 294 g/mol. The third-order valence-corrected chi connectivity index (χ3v) is 3.64. The summed E-state index contributed by atoms with van der Waals surface area (Å²) in [6, 6.07) is 11.4. The van der Waals surface area contributed by atoms with Gasteiger partial charge in [-0.25, -0.2) is 0 Å². The number of aliphatic hydroxyl groups excluding tert-OH is 1. The first-order valence-corrected chi connectivity index (χ1v) is 6.61. The van der Waals surface area contributed by atoms with Crippen LogP contribution in [0.15, 0.2) is 42.5 Å². The van der Waals surface area contributed by atoms with Crippen LogP contribution < -0.4 is 4.74 Å². The molecule has 1 unspecified atom stereocenters. The van der Waals surface area contributed by atoms with Crippen molar-refractivity contribution in [3.8, 4) is 16.9 Å². The van der Waals surface area contributed by atoms with Gasteiger partial charge in [0, 0.05) is 5.56 Å². The first kappa shape index (κ1) is 13.9. The summed E-state index contributed by atoms with van der Waals surface area (Å²) in [5.74, 6) is -0.222. The summed E-state index contributed by atoms with van der Waals surface area (Å²) in [5.41, 5.74) is 2.75. The third kappa shape index (κ3) is 2.74. The third-order valence-electron chi connectivity index (χ3n) is 3.64. The minimum absolute atomic E-state index is 0.222. The first-order chi connectivity index (χ1) is 9.96. The molecule has 2 aromatic rings. The van der Waals surface area contributed by atoms with Crippen LogP contribution in [-0.2, 0) is 6.42 Å². The second kappa shape index (κ2) is 5.07. The van der Waals surface area contributed by atoms with Crippen molar-refractivity contribution < 1.29 is 23.0 Å². The molecule has 0 amide bonds. The number of aliphatic hydroxyl groups is 1. The molecule has 1 aliphatic rings. The summed E-state index contributed by atoms with van der Waals surface area (Å²) in [5, 5.41) is 9.90. The molecule has 1 aliphatic carbocycles. The summed E-state index contributed by atoms with van der Waals surface area (Å²) in [4.78, 5) is 0. The molecule has 0 bridgehead atoms. The SMILES string of the molecule is OC1CCc2c(-c3ccccc3OC(F)(F)F)cccc21. The number of para-hydroxylation sites is 1. The fourth-order valence-electron chi connectivity index (χ4n) is 2.79. The molecule has 3 rings (SSSR count). The normalized spacial score (nSPS) is 17.6. The largest absolute Gasteiger partial charge is 0.573 e. The molecule has 0 heterocycles. The Morgan fingerprint density at radius 1 is 1.00 bits per heavy atom. The van der Waals surface area contributed by atoms with E-state index < -0.39 is 12.5 Å². The molecular formula is C16H13F3O2. The van der Waals surface area contributed by atoms with Crippen molar-refractivity contribution in [1.29, 1.82) is 0 Å². The molecule has 21 heavy (non-hydrogen) atoms. The predicted molar refractivity (Wildman–Crippen MR) is 71.8 cm³/mol. The van der Waals surface area contributed by atoms with Crippen molar-refractivity contribution in [2.75, 3.05) is 0 Å². The highest BCUT2D eigenvalue weighted by Gasteiger charge is 2.33. The minimum atomic E-state index is -4.73. The van der Waals surface area contributed by atoms with Crippen molar-refractivity contribution in [1.82, 2.24) is 0 Å². The van der Waals surface area contributed by atoms with Crippen LogP contribution in [0.25, 0.3) is 11.1 Å². The highest BCUT2D eigenvalue weighted by Crippen LogP contribution is 2.41. The number of fused-ring (bicyclic) bond motifs is 1. The summed E-state index contributed by atoms with van der Waals surface area (Å²) >= 11 is 0. The van der Waals surface area contributed by atoms with Gasteiger partial charge in [-0.2, -0.15) is 0 Å². The number of hydrogen-bond donors (Lipinski definition) is 1. The van der Waals surface area contributed by atoms with Gasteiger partial charge in [0.1, 0.15) is 5.75 Å². The van der Waals surface area contributed by atoms with E-state index in [-0.39, 0.29) is 5.75 Å². The average Bonchev–Trinajstić information content (AvgIpc) is 2.80. The van der Waals surface area contributed by atoms with Gasteiger partial charge < -0.3 is 9.84 Å². The smallest absolute Gasteiger partial charge is 0.405 e. The Labute approximate surface area is 119 Å². The number of ether oxygens (including phenoxy) is 1. The van der Waals surface area contributed by atoms with Gasteiger partial charge in [-0.1, -0.05) is 36.4 Å². The molecule has 2 nitrogen and oxygen atoms in total. The molecule has 2 aromatic carbocycles. The molecule has 1 atom stereocenters. The highest BCUT2D eigenvalue weighted by molar-refractivity contribution is 5.75. The average molecular weight is 294 g/mol. The van der Waals surface area contributed by atoms with Gasteiger partial charge in [0.25, 0.3) is 0 Å². The minimum Gasteiger partial charge on any atom is -0.405 e. The van der Waals surface area contributed by atoms with Crippen LogP contribution in [0, 0.1) is 0 Å². The Balaban J connectivity index is 2.10. The van der Waals surface area contributed by atoms with Crippen molar-refractivity contribution in [2.45, 2.75) is 25.3 Å². The van der Waals surface area contributed by atoms with Gasteiger partial charge in [0.15, 0.2) is 0 Å². The second-order valence-corrected chi connectivity index (χ2v) is 4.97. The zero-order valence-electron chi connectivity index (χ0n) is 11.0. The van der Waals surface area contributed by atoms with E-state index in [1.54, 1.807) is 24.3 Å². The maximum Gasteiger partial charge on any atom is 0.573 e. The van der Waals surface area contributed by atoms with E-state index in [0.717, 1.165) is 11.1 Å². The summed E-state index contributed by atoms with van der Waals surface area (Å²) in [6.07, 6.45) is -4.04. The number of rotatable bonds is 2. The molecule has 0 radical (unpaired) electrons. The molecule has 0 saturated heterocycles. The Morgan fingerprint density at radius 2 is 1.71 bits per heavy atom. The summed E-state index contributed by atoms with van der Waals surface area (Å²) in [6.45, 7) is 0. The van der Waals surface area contributed by atoms with Gasteiger partial charge >= 0.3 is 6.36 Å². The van der Waals surface area contributed by atoms with Gasteiger partial charge in [0.2, 0.25) is 0 Å². The molecule has 0 saturated carbocycles. The molecule has 0 spiro atoms. The lowest BCUT2D eigenvalue weighted by Crippen LogP contribution is -2.17. The molecule has 5 heteroatoms. The number of benzene rings is 2. The summed E-state index contributed by atoms with van der Waals surface area (Å²) < 4.78 is 41.6. The van der Waals surface area contributed by atoms with E-state index in [2.05, 4.69) is 4.74 Å². The highest BCUT2D eigenvalue weighted by atomic mass is 19.4. The lowest BCUT2D eigenvalue weighted by molar-refractivity contribution is -0.274. The molecule has 0 aliphatic heterocycles. The molecule has 110 valence electrons. The van der Waals surface area contributed by atoms with Crippen LogP contribution in [0.5, 0.6) is 5.75 Å². The molecule has 0 aromatic heterocycles. The zero-order valence-corrected chi connectivity index (χ0v) is 11.0. The second-order valence-electron chi connectivity index (χ2n) is 4.97. The zero-order chi connectivity index (χ0) is 15.0. The molecule has 0 fully saturated rings. The van der Waals surface area contributed by atoms with Crippen LogP contribution in [-0.4, -0.2) is 11.5 Å². The lowest BCUT2D eigenvalue weighted by Gasteiger charge is -2.15. The van der Waals surface area contributed by atoms with E-state index >= 15 is 0 Å². The van der Waals surface area contributed by atoms with E-state index in [4.69, 9.17) is 0 Å². The van der Waals surface area contributed by atoms with Gasteiger partial charge in [-0.15, -0.1) is 13.2 Å². The van der Waals surface area contributed by atoms with Gasteiger partial charge in [-0.05, 0) is 35.6 Å². The Kier molecular flexibility index (Phi) is 3.37. The van der Waals surface area contributed by atoms with E-state index in [0.29, 0.717) is 24.0 Å². The lowest BCUT2D eigenvalue weighted by atomic mass is 9.96. The number of alkyl halides is 3. The standard InChI is InChI=1S/C16H13F3O2/c17-16(18,19)21-15-7-2-1-4-13(15)10-5-3-6-12-11(10)8-9-14(12)20/h1-7,14,20H,8-9H2. The van der Waals surface area contributed by atoms with Gasteiger partial charge in [-0.3, -0.25) is 0 Å². The van der Waals surface area contributed by atoms with Crippen LogP contribution in [0.1, 0.15) is 23.7 Å². The fraction of sp³-hybridized carbons (Fsp3) is 0.250. The Bertz CT molecular complexity index is 665. The molecule has 1 N–H and O–H groups in total. The fourth-order valence-corrected chi connectivity index (χ4v) is 2.79. The van der Waals surface area contributed by atoms with Crippen molar-refractivity contribution in [3.63, 3.8) is 0 Å². The maximum atomic E-state index is 12.5. The number of hydrogen-bond acceptors (Lipinski definition) is 2.